The second-order valence-electron chi connectivity index (χ2n) is 9.83. The van der Waals surface area contributed by atoms with Gasteiger partial charge in [0.1, 0.15) is 5.60 Å². The lowest BCUT2D eigenvalue weighted by Gasteiger charge is -2.44. The number of carbonyl (C=O) groups excluding carboxylic acids is 1. The van der Waals surface area contributed by atoms with Gasteiger partial charge in [-0.1, -0.05) is 26.2 Å². The van der Waals surface area contributed by atoms with Crippen LogP contribution in [-0.4, -0.2) is 42.3 Å². The van der Waals surface area contributed by atoms with E-state index in [-0.39, 0.29) is 11.5 Å². The zero-order valence-electron chi connectivity index (χ0n) is 16.8. The van der Waals surface area contributed by atoms with Gasteiger partial charge in [-0.15, -0.1) is 0 Å². The molecule has 4 heteroatoms. The minimum Gasteiger partial charge on any atom is -0.444 e. The molecular formula is C21H38N2O2. The number of hydrogen-bond donors (Lipinski definition) is 1. The van der Waals surface area contributed by atoms with Crippen molar-refractivity contribution >= 4 is 6.09 Å². The molecule has 0 bridgehead atoms. The van der Waals surface area contributed by atoms with E-state index in [0.29, 0.717) is 0 Å². The monoisotopic (exact) mass is 350 g/mol. The van der Waals surface area contributed by atoms with Crippen molar-refractivity contribution in [3.05, 3.63) is 0 Å². The summed E-state index contributed by atoms with van der Waals surface area (Å²) < 4.78 is 5.63. The third-order valence-electron chi connectivity index (χ3n) is 6.42. The van der Waals surface area contributed by atoms with E-state index in [0.717, 1.165) is 43.9 Å². The molecule has 0 aromatic heterocycles. The summed E-state index contributed by atoms with van der Waals surface area (Å²) in [5, 5.41) is 3.94. The second kappa shape index (κ2) is 7.46. The van der Waals surface area contributed by atoms with E-state index in [4.69, 9.17) is 4.74 Å². The van der Waals surface area contributed by atoms with Crippen molar-refractivity contribution in [3.63, 3.8) is 0 Å². The number of likely N-dealkylation sites (tertiary alicyclic amines) is 1. The van der Waals surface area contributed by atoms with Crippen molar-refractivity contribution < 1.29 is 9.53 Å². The van der Waals surface area contributed by atoms with E-state index in [1.165, 1.54) is 44.9 Å². The Morgan fingerprint density at radius 1 is 1.28 bits per heavy atom. The van der Waals surface area contributed by atoms with Crippen LogP contribution in [0.1, 0.15) is 79.1 Å². The maximum Gasteiger partial charge on any atom is 0.410 e. The lowest BCUT2D eigenvalue weighted by atomic mass is 9.76. The molecule has 2 aliphatic carbocycles. The predicted octanol–water partition coefficient (Wildman–Crippen LogP) is 4.58. The van der Waals surface area contributed by atoms with E-state index < -0.39 is 5.60 Å². The first-order valence-electron chi connectivity index (χ1n) is 10.5. The van der Waals surface area contributed by atoms with Crippen LogP contribution in [0.4, 0.5) is 4.79 Å². The van der Waals surface area contributed by atoms with Gasteiger partial charge in [0, 0.05) is 31.1 Å². The van der Waals surface area contributed by atoms with E-state index in [1.54, 1.807) is 0 Å². The number of carbonyl (C=O) groups is 1. The maximum atomic E-state index is 12.6. The van der Waals surface area contributed by atoms with Gasteiger partial charge in [0.05, 0.1) is 0 Å². The zero-order chi connectivity index (χ0) is 18.1. The van der Waals surface area contributed by atoms with Crippen LogP contribution < -0.4 is 5.32 Å². The number of hydrogen-bond acceptors (Lipinski definition) is 3. The van der Waals surface area contributed by atoms with Crippen LogP contribution in [0.5, 0.6) is 0 Å². The van der Waals surface area contributed by atoms with Gasteiger partial charge in [0.2, 0.25) is 0 Å². The van der Waals surface area contributed by atoms with Gasteiger partial charge in [-0.25, -0.2) is 4.79 Å². The smallest absolute Gasteiger partial charge is 0.410 e. The van der Waals surface area contributed by atoms with Gasteiger partial charge in [-0.05, 0) is 64.7 Å². The van der Waals surface area contributed by atoms with Gasteiger partial charge in [0.15, 0.2) is 0 Å². The summed E-state index contributed by atoms with van der Waals surface area (Å²) in [5.74, 6) is 1.95. The summed E-state index contributed by atoms with van der Waals surface area (Å²) in [5.41, 5.74) is -0.185. The average Bonchev–Trinajstić information content (AvgIpc) is 3.32. The highest BCUT2D eigenvalue weighted by atomic mass is 16.6. The fourth-order valence-corrected chi connectivity index (χ4v) is 5.17. The molecule has 0 radical (unpaired) electrons. The Labute approximate surface area is 154 Å². The van der Waals surface area contributed by atoms with Crippen molar-refractivity contribution in [1.82, 2.24) is 10.2 Å². The number of fused-ring (bicyclic) bond motifs is 1. The summed E-state index contributed by atoms with van der Waals surface area (Å²) in [6, 6.07) is 0.726. The summed E-state index contributed by atoms with van der Waals surface area (Å²) in [4.78, 5) is 14.5. The van der Waals surface area contributed by atoms with Gasteiger partial charge in [-0.2, -0.15) is 0 Å². The predicted molar refractivity (Wildman–Crippen MR) is 102 cm³/mol. The molecule has 0 aromatic carbocycles. The van der Waals surface area contributed by atoms with Gasteiger partial charge in [-0.3, -0.25) is 0 Å². The topological polar surface area (TPSA) is 41.6 Å². The first-order valence-corrected chi connectivity index (χ1v) is 10.5. The van der Waals surface area contributed by atoms with Crippen LogP contribution in [-0.2, 0) is 4.74 Å². The summed E-state index contributed by atoms with van der Waals surface area (Å²) in [6.45, 7) is 10.9. The highest BCUT2D eigenvalue weighted by molar-refractivity contribution is 5.68. The molecule has 1 aliphatic heterocycles. The molecule has 3 rings (SSSR count). The van der Waals surface area contributed by atoms with Crippen LogP contribution in [0.2, 0.25) is 0 Å². The van der Waals surface area contributed by atoms with Crippen LogP contribution >= 0.6 is 0 Å². The molecule has 2 saturated carbocycles. The minimum atomic E-state index is -0.413. The van der Waals surface area contributed by atoms with Gasteiger partial charge >= 0.3 is 6.09 Å². The summed E-state index contributed by atoms with van der Waals surface area (Å²) in [7, 11) is 0. The standard InChI is InChI=1S/C21H38N2O2/c1-5-10-21(14-22-18-9-6-8-16-13-17(16)18)11-7-12-23(15-21)19(24)25-20(2,3)4/h16-18,22H,5-15H2,1-4H3/t16-,17+,18?,21?/m0/s1. The Hall–Kier alpha value is -0.770. The fourth-order valence-electron chi connectivity index (χ4n) is 5.17. The Morgan fingerprint density at radius 2 is 2.08 bits per heavy atom. The zero-order valence-corrected chi connectivity index (χ0v) is 16.8. The van der Waals surface area contributed by atoms with Crippen LogP contribution in [0.3, 0.4) is 0 Å². The highest BCUT2D eigenvalue weighted by Gasteiger charge is 2.46. The fraction of sp³-hybridized carbons (Fsp3) is 0.952. The van der Waals surface area contributed by atoms with Gasteiger partial charge < -0.3 is 15.0 Å². The van der Waals surface area contributed by atoms with Crippen molar-refractivity contribution in [2.24, 2.45) is 17.3 Å². The van der Waals surface area contributed by atoms with Crippen LogP contribution in [0, 0.1) is 17.3 Å². The van der Waals surface area contributed by atoms with E-state index in [2.05, 4.69) is 12.2 Å². The minimum absolute atomic E-state index is 0.132. The Kier molecular flexibility index (Phi) is 5.67. The lowest BCUT2D eigenvalue weighted by molar-refractivity contribution is 0.00169. The van der Waals surface area contributed by atoms with Crippen LogP contribution in [0.15, 0.2) is 0 Å². The number of rotatable bonds is 5. The molecule has 3 fully saturated rings. The molecule has 0 aromatic rings. The molecule has 3 aliphatic rings. The second-order valence-corrected chi connectivity index (χ2v) is 9.83. The van der Waals surface area contributed by atoms with Crippen molar-refractivity contribution in [3.8, 4) is 0 Å². The van der Waals surface area contributed by atoms with Crippen molar-refractivity contribution in [1.29, 1.82) is 0 Å². The molecule has 1 heterocycles. The Morgan fingerprint density at radius 3 is 2.80 bits per heavy atom. The van der Waals surface area contributed by atoms with E-state index >= 15 is 0 Å². The molecule has 4 nitrogen and oxygen atoms in total. The number of piperidine rings is 1. The van der Waals surface area contributed by atoms with E-state index in [1.807, 2.05) is 25.7 Å². The normalized spacial score (nSPS) is 35.2. The lowest BCUT2D eigenvalue weighted by Crippen LogP contribution is -2.52. The average molecular weight is 351 g/mol. The summed E-state index contributed by atoms with van der Waals surface area (Å²) in [6.07, 6.45) is 10.2. The molecule has 1 amide bonds. The Balaban J connectivity index is 1.59. The number of amides is 1. The van der Waals surface area contributed by atoms with Crippen LogP contribution in [0.25, 0.3) is 0 Å². The number of ether oxygens (including phenoxy) is 1. The summed E-state index contributed by atoms with van der Waals surface area (Å²) >= 11 is 0. The largest absolute Gasteiger partial charge is 0.444 e. The maximum absolute atomic E-state index is 12.6. The first kappa shape index (κ1) is 19.0. The molecule has 1 N–H and O–H groups in total. The molecule has 0 spiro atoms. The van der Waals surface area contributed by atoms with Gasteiger partial charge in [0.25, 0.3) is 0 Å². The van der Waals surface area contributed by atoms with Crippen molar-refractivity contribution in [2.45, 2.75) is 90.7 Å². The Bertz CT molecular complexity index is 469. The van der Waals surface area contributed by atoms with E-state index in [9.17, 15) is 4.79 Å². The third-order valence-corrected chi connectivity index (χ3v) is 6.42. The number of nitrogens with zero attached hydrogens (tertiary/aromatic N) is 1. The van der Waals surface area contributed by atoms with Crippen molar-refractivity contribution in [2.75, 3.05) is 19.6 Å². The molecular weight excluding hydrogens is 312 g/mol. The third kappa shape index (κ3) is 4.90. The molecule has 4 atom stereocenters. The number of nitrogens with one attached hydrogen (secondary N) is 1. The molecule has 1 saturated heterocycles. The highest BCUT2D eigenvalue weighted by Crippen LogP contribution is 2.49. The first-order chi connectivity index (χ1) is 11.8. The SMILES string of the molecule is CCCC1(CNC2CCC[C@H]3C[C@@H]23)CCCN(C(=O)OC(C)(C)C)C1. The molecule has 25 heavy (non-hydrogen) atoms. The molecule has 144 valence electrons. The quantitative estimate of drug-likeness (QED) is 0.789. The molecule has 2 unspecified atom stereocenters.